The third-order valence-electron chi connectivity index (χ3n) is 4.18. The van der Waals surface area contributed by atoms with Gasteiger partial charge in [0.05, 0.1) is 0 Å². The van der Waals surface area contributed by atoms with Gasteiger partial charge in [0.25, 0.3) is 0 Å². The number of hydrogen-bond donors (Lipinski definition) is 1. The molecule has 0 spiro atoms. The van der Waals surface area contributed by atoms with Gasteiger partial charge in [-0.2, -0.15) is 0 Å². The predicted molar refractivity (Wildman–Crippen MR) is 71.5 cm³/mol. The molecule has 96 valence electrons. The largest absolute Gasteiger partial charge is 0.329 e. The first kappa shape index (κ1) is 14.0. The highest BCUT2D eigenvalue weighted by Gasteiger charge is 2.28. The van der Waals surface area contributed by atoms with E-state index in [9.17, 15) is 0 Å². The van der Waals surface area contributed by atoms with Crippen LogP contribution in [-0.4, -0.2) is 30.6 Å². The average Bonchev–Trinajstić information content (AvgIpc) is 2.25. The van der Waals surface area contributed by atoms with Crippen molar-refractivity contribution in [3.63, 3.8) is 0 Å². The van der Waals surface area contributed by atoms with E-state index in [1.54, 1.807) is 0 Å². The standard InChI is InChI=1S/C14H30N2/c1-11(2)9-13(10-15)16(4)14-8-6-5-7-12(14)3/h11-14H,5-10,15H2,1-4H3. The molecule has 16 heavy (non-hydrogen) atoms. The smallest absolute Gasteiger partial charge is 0.0220 e. The molecule has 1 fully saturated rings. The Morgan fingerprint density at radius 1 is 1.25 bits per heavy atom. The molecule has 0 saturated heterocycles. The number of likely N-dealkylation sites (N-methyl/N-ethyl adjacent to an activating group) is 1. The lowest BCUT2D eigenvalue weighted by atomic mass is 9.84. The van der Waals surface area contributed by atoms with Crippen molar-refractivity contribution in [2.75, 3.05) is 13.6 Å². The van der Waals surface area contributed by atoms with Gasteiger partial charge in [-0.15, -0.1) is 0 Å². The number of nitrogens with two attached hydrogens (primary N) is 1. The van der Waals surface area contributed by atoms with Crippen LogP contribution in [0.3, 0.4) is 0 Å². The monoisotopic (exact) mass is 226 g/mol. The molecular weight excluding hydrogens is 196 g/mol. The molecule has 0 aromatic carbocycles. The molecule has 2 N–H and O–H groups in total. The highest BCUT2D eigenvalue weighted by molar-refractivity contribution is 4.84. The fourth-order valence-corrected chi connectivity index (χ4v) is 3.15. The highest BCUT2D eigenvalue weighted by atomic mass is 15.2. The second-order valence-corrected chi connectivity index (χ2v) is 6.01. The van der Waals surface area contributed by atoms with Crippen molar-refractivity contribution in [3.05, 3.63) is 0 Å². The van der Waals surface area contributed by atoms with Crippen molar-refractivity contribution in [2.24, 2.45) is 17.6 Å². The first-order chi connectivity index (χ1) is 7.56. The Bertz CT molecular complexity index is 191. The molecule has 0 radical (unpaired) electrons. The minimum Gasteiger partial charge on any atom is -0.329 e. The Balaban J connectivity index is 2.54. The molecule has 1 aliphatic carbocycles. The van der Waals surface area contributed by atoms with E-state index in [1.165, 1.54) is 32.1 Å². The molecule has 1 saturated carbocycles. The van der Waals surface area contributed by atoms with Gasteiger partial charge in [-0.25, -0.2) is 0 Å². The second-order valence-electron chi connectivity index (χ2n) is 6.01. The van der Waals surface area contributed by atoms with E-state index in [0.717, 1.165) is 24.4 Å². The van der Waals surface area contributed by atoms with Crippen LogP contribution in [0.15, 0.2) is 0 Å². The van der Waals surface area contributed by atoms with Crippen molar-refractivity contribution >= 4 is 0 Å². The predicted octanol–water partition coefficient (Wildman–Crippen LogP) is 2.87. The van der Waals surface area contributed by atoms with Crippen LogP contribution in [0.1, 0.15) is 52.9 Å². The zero-order valence-electron chi connectivity index (χ0n) is 11.6. The molecule has 0 amide bonds. The van der Waals surface area contributed by atoms with Gasteiger partial charge in [-0.3, -0.25) is 4.90 Å². The van der Waals surface area contributed by atoms with E-state index in [-0.39, 0.29) is 0 Å². The molecule has 1 aliphatic rings. The van der Waals surface area contributed by atoms with Crippen molar-refractivity contribution in [3.8, 4) is 0 Å². The van der Waals surface area contributed by atoms with Crippen LogP contribution < -0.4 is 5.73 Å². The van der Waals surface area contributed by atoms with Crippen LogP contribution in [0.2, 0.25) is 0 Å². The highest BCUT2D eigenvalue weighted by Crippen LogP contribution is 2.29. The topological polar surface area (TPSA) is 29.3 Å². The molecular formula is C14H30N2. The fourth-order valence-electron chi connectivity index (χ4n) is 3.15. The molecule has 0 aromatic rings. The quantitative estimate of drug-likeness (QED) is 0.781. The summed E-state index contributed by atoms with van der Waals surface area (Å²) in [6, 6.07) is 1.34. The second kappa shape index (κ2) is 6.61. The van der Waals surface area contributed by atoms with Gasteiger partial charge in [0, 0.05) is 18.6 Å². The molecule has 0 heterocycles. The zero-order chi connectivity index (χ0) is 12.1. The third-order valence-corrected chi connectivity index (χ3v) is 4.18. The van der Waals surface area contributed by atoms with Gasteiger partial charge < -0.3 is 5.73 Å². The van der Waals surface area contributed by atoms with E-state index in [1.807, 2.05) is 0 Å². The van der Waals surface area contributed by atoms with E-state index >= 15 is 0 Å². The van der Waals surface area contributed by atoms with E-state index in [4.69, 9.17) is 5.73 Å². The lowest BCUT2D eigenvalue weighted by Crippen LogP contribution is -2.48. The van der Waals surface area contributed by atoms with E-state index < -0.39 is 0 Å². The van der Waals surface area contributed by atoms with Crippen LogP contribution in [0.25, 0.3) is 0 Å². The van der Waals surface area contributed by atoms with Gasteiger partial charge in [0.2, 0.25) is 0 Å². The molecule has 2 nitrogen and oxygen atoms in total. The van der Waals surface area contributed by atoms with Crippen molar-refractivity contribution in [1.82, 2.24) is 4.90 Å². The molecule has 0 aromatic heterocycles. The van der Waals surface area contributed by atoms with Crippen LogP contribution in [-0.2, 0) is 0 Å². The first-order valence-electron chi connectivity index (χ1n) is 6.98. The Morgan fingerprint density at radius 2 is 1.88 bits per heavy atom. The Morgan fingerprint density at radius 3 is 2.38 bits per heavy atom. The van der Waals surface area contributed by atoms with Crippen LogP contribution in [0.4, 0.5) is 0 Å². The summed E-state index contributed by atoms with van der Waals surface area (Å²) in [5.74, 6) is 1.59. The van der Waals surface area contributed by atoms with Gasteiger partial charge in [-0.05, 0) is 38.1 Å². The summed E-state index contributed by atoms with van der Waals surface area (Å²) in [6.45, 7) is 7.79. The third kappa shape index (κ3) is 3.74. The van der Waals surface area contributed by atoms with Crippen molar-refractivity contribution in [1.29, 1.82) is 0 Å². The van der Waals surface area contributed by atoms with Gasteiger partial charge in [0.1, 0.15) is 0 Å². The van der Waals surface area contributed by atoms with Crippen LogP contribution in [0.5, 0.6) is 0 Å². The SMILES string of the molecule is CC(C)CC(CN)N(C)C1CCCCC1C. The minimum atomic E-state index is 0.575. The van der Waals surface area contributed by atoms with E-state index in [0.29, 0.717) is 6.04 Å². The Hall–Kier alpha value is -0.0800. The summed E-state index contributed by atoms with van der Waals surface area (Å²) in [4.78, 5) is 2.57. The Labute approximate surface area is 102 Å². The van der Waals surface area contributed by atoms with Gasteiger partial charge in [-0.1, -0.05) is 33.6 Å². The molecule has 0 aliphatic heterocycles. The maximum atomic E-state index is 5.93. The van der Waals surface area contributed by atoms with Gasteiger partial charge in [0.15, 0.2) is 0 Å². The summed E-state index contributed by atoms with van der Waals surface area (Å²) in [5, 5.41) is 0. The molecule has 2 heteroatoms. The van der Waals surface area contributed by atoms with Crippen LogP contribution >= 0.6 is 0 Å². The summed E-state index contributed by atoms with van der Waals surface area (Å²) < 4.78 is 0. The number of rotatable bonds is 5. The number of nitrogens with zero attached hydrogens (tertiary/aromatic N) is 1. The van der Waals surface area contributed by atoms with Crippen molar-refractivity contribution < 1.29 is 0 Å². The summed E-state index contributed by atoms with van der Waals surface area (Å²) in [5.41, 5.74) is 5.93. The molecule has 1 rings (SSSR count). The summed E-state index contributed by atoms with van der Waals surface area (Å²) in [7, 11) is 2.28. The van der Waals surface area contributed by atoms with Crippen LogP contribution in [0, 0.1) is 11.8 Å². The normalized spacial score (nSPS) is 28.7. The molecule has 3 atom stereocenters. The maximum absolute atomic E-state index is 5.93. The van der Waals surface area contributed by atoms with Gasteiger partial charge >= 0.3 is 0 Å². The molecule has 3 unspecified atom stereocenters. The zero-order valence-corrected chi connectivity index (χ0v) is 11.6. The maximum Gasteiger partial charge on any atom is 0.0220 e. The minimum absolute atomic E-state index is 0.575. The lowest BCUT2D eigenvalue weighted by molar-refractivity contribution is 0.0892. The number of hydrogen-bond acceptors (Lipinski definition) is 2. The summed E-state index contributed by atoms with van der Waals surface area (Å²) >= 11 is 0. The molecule has 0 bridgehead atoms. The fraction of sp³-hybridized carbons (Fsp3) is 1.00. The first-order valence-corrected chi connectivity index (χ1v) is 6.98. The van der Waals surface area contributed by atoms with E-state index in [2.05, 4.69) is 32.7 Å². The summed E-state index contributed by atoms with van der Waals surface area (Å²) in [6.07, 6.45) is 6.82. The lowest BCUT2D eigenvalue weighted by Gasteiger charge is -2.41. The van der Waals surface area contributed by atoms with Crippen molar-refractivity contribution in [2.45, 2.75) is 65.0 Å². The Kier molecular flexibility index (Phi) is 5.77. The average molecular weight is 226 g/mol.